The molecule has 0 N–H and O–H groups in total. The summed E-state index contributed by atoms with van der Waals surface area (Å²) >= 11 is 0. The molecule has 1 atom stereocenters. The quantitative estimate of drug-likeness (QED) is 0.417. The highest BCUT2D eigenvalue weighted by Crippen LogP contribution is 2.33. The van der Waals surface area contributed by atoms with Gasteiger partial charge >= 0.3 is 12.1 Å². The first-order valence-electron chi connectivity index (χ1n) is 7.34. The van der Waals surface area contributed by atoms with E-state index in [-0.39, 0.29) is 5.97 Å². The number of epoxide rings is 1. The van der Waals surface area contributed by atoms with Gasteiger partial charge in [-0.2, -0.15) is 13.2 Å². The summed E-state index contributed by atoms with van der Waals surface area (Å²) in [6.07, 6.45) is -2.78. The summed E-state index contributed by atoms with van der Waals surface area (Å²) in [5.41, 5.74) is -0.878. The number of rotatable bonds is 8. The van der Waals surface area contributed by atoms with Crippen molar-refractivity contribution >= 4 is 5.97 Å². The molecule has 4 nitrogen and oxygen atoms in total. The van der Waals surface area contributed by atoms with E-state index in [1.165, 1.54) is 13.2 Å². The fraction of sp³-hybridized carbons (Fsp3) is 0.562. The second kappa shape index (κ2) is 7.31. The molecule has 0 aromatic heterocycles. The molecular weight excluding hydrogens is 313 g/mol. The van der Waals surface area contributed by atoms with E-state index in [9.17, 15) is 18.0 Å². The molecule has 23 heavy (non-hydrogen) atoms. The Bertz CT molecular complexity index is 538. The van der Waals surface area contributed by atoms with Crippen molar-refractivity contribution < 1.29 is 32.2 Å². The van der Waals surface area contributed by atoms with Gasteiger partial charge in [-0.3, -0.25) is 0 Å². The highest BCUT2D eigenvalue weighted by atomic mass is 19.4. The number of carbonyl (C=O) groups excluding carboxylic acids is 1. The molecule has 0 radical (unpaired) electrons. The van der Waals surface area contributed by atoms with Crippen LogP contribution in [0.2, 0.25) is 0 Å². The third kappa shape index (κ3) is 4.94. The van der Waals surface area contributed by atoms with E-state index in [1.54, 1.807) is 6.07 Å². The summed E-state index contributed by atoms with van der Waals surface area (Å²) in [5, 5.41) is 0. The van der Waals surface area contributed by atoms with Gasteiger partial charge < -0.3 is 14.2 Å². The normalized spacial score (nSPS) is 20.3. The lowest BCUT2D eigenvalue weighted by molar-refractivity contribution is -0.147. The number of hydrogen-bond donors (Lipinski definition) is 0. The van der Waals surface area contributed by atoms with Gasteiger partial charge in [0.1, 0.15) is 0 Å². The van der Waals surface area contributed by atoms with E-state index in [4.69, 9.17) is 9.47 Å². The molecule has 128 valence electrons. The second-order valence-corrected chi connectivity index (χ2v) is 5.44. The molecule has 1 saturated heterocycles. The highest BCUT2D eigenvalue weighted by molar-refractivity contribution is 5.82. The molecular formula is C16H19F3O4. The molecule has 1 unspecified atom stereocenters. The SMILES string of the molecule is COC(=O)C1(CCCOCCc2cccc(C(F)(F)F)c2)CO1. The molecule has 0 bridgehead atoms. The minimum Gasteiger partial charge on any atom is -0.467 e. The van der Waals surface area contributed by atoms with E-state index in [1.807, 2.05) is 0 Å². The van der Waals surface area contributed by atoms with Crippen molar-refractivity contribution in [3.63, 3.8) is 0 Å². The maximum atomic E-state index is 12.6. The van der Waals surface area contributed by atoms with Crippen molar-refractivity contribution in [2.45, 2.75) is 31.0 Å². The van der Waals surface area contributed by atoms with Crippen LogP contribution in [0.25, 0.3) is 0 Å². The molecule has 0 aliphatic carbocycles. The van der Waals surface area contributed by atoms with Gasteiger partial charge in [-0.25, -0.2) is 4.79 Å². The predicted molar refractivity (Wildman–Crippen MR) is 75.9 cm³/mol. The minimum atomic E-state index is -4.33. The summed E-state index contributed by atoms with van der Waals surface area (Å²) in [4.78, 5) is 11.4. The van der Waals surface area contributed by atoms with E-state index in [2.05, 4.69) is 4.74 Å². The molecule has 1 aromatic rings. The van der Waals surface area contributed by atoms with Crippen LogP contribution in [0, 0.1) is 0 Å². The van der Waals surface area contributed by atoms with Crippen molar-refractivity contribution in [1.82, 2.24) is 0 Å². The Labute approximate surface area is 132 Å². The molecule has 0 amide bonds. The highest BCUT2D eigenvalue weighted by Gasteiger charge is 2.52. The number of alkyl halides is 3. The van der Waals surface area contributed by atoms with Gasteiger partial charge in [0.25, 0.3) is 0 Å². The van der Waals surface area contributed by atoms with Gasteiger partial charge in [0, 0.05) is 6.61 Å². The standard InChI is InChI=1S/C16H19F3O4/c1-21-14(20)15(11-23-15)7-3-8-22-9-6-12-4-2-5-13(10-12)16(17,18)19/h2,4-5,10H,3,6-9,11H2,1H3. The van der Waals surface area contributed by atoms with Crippen LogP contribution < -0.4 is 0 Å². The third-order valence-electron chi connectivity index (χ3n) is 3.71. The van der Waals surface area contributed by atoms with Crippen LogP contribution in [0.15, 0.2) is 24.3 Å². The Balaban J connectivity index is 1.66. The molecule has 1 heterocycles. The lowest BCUT2D eigenvalue weighted by atomic mass is 10.1. The Hall–Kier alpha value is -1.60. The largest absolute Gasteiger partial charge is 0.467 e. The smallest absolute Gasteiger partial charge is 0.416 e. The summed E-state index contributed by atoms with van der Waals surface area (Å²) in [6, 6.07) is 5.21. The number of carbonyl (C=O) groups is 1. The average molecular weight is 332 g/mol. The van der Waals surface area contributed by atoms with Gasteiger partial charge in [-0.1, -0.05) is 18.2 Å². The summed E-state index contributed by atoms with van der Waals surface area (Å²) < 4.78 is 53.0. The third-order valence-corrected chi connectivity index (χ3v) is 3.71. The zero-order valence-electron chi connectivity index (χ0n) is 12.8. The Morgan fingerprint density at radius 3 is 2.70 bits per heavy atom. The van der Waals surface area contributed by atoms with Crippen LogP contribution in [-0.4, -0.2) is 38.5 Å². The Morgan fingerprint density at radius 1 is 1.35 bits per heavy atom. The average Bonchev–Trinajstić information content (AvgIpc) is 3.30. The molecule has 0 saturated carbocycles. The van der Waals surface area contributed by atoms with Gasteiger partial charge in [0.05, 0.1) is 25.9 Å². The maximum Gasteiger partial charge on any atom is 0.416 e. The number of benzene rings is 1. The monoisotopic (exact) mass is 332 g/mol. The topological polar surface area (TPSA) is 48.1 Å². The molecule has 7 heteroatoms. The first-order valence-corrected chi connectivity index (χ1v) is 7.34. The zero-order valence-corrected chi connectivity index (χ0v) is 12.8. The van der Waals surface area contributed by atoms with Crippen molar-refractivity contribution in [2.75, 3.05) is 26.9 Å². The van der Waals surface area contributed by atoms with Crippen LogP contribution in [0.5, 0.6) is 0 Å². The lowest BCUT2D eigenvalue weighted by Crippen LogP contribution is -2.26. The number of hydrogen-bond acceptors (Lipinski definition) is 4. The molecule has 1 fully saturated rings. The molecule has 2 rings (SSSR count). The van der Waals surface area contributed by atoms with Crippen molar-refractivity contribution in [1.29, 1.82) is 0 Å². The number of esters is 1. The van der Waals surface area contributed by atoms with Crippen LogP contribution in [-0.2, 0) is 31.6 Å². The summed E-state index contributed by atoms with van der Waals surface area (Å²) in [6.45, 7) is 1.11. The molecule has 1 aromatic carbocycles. The predicted octanol–water partition coefficient (Wildman–Crippen LogP) is 2.99. The van der Waals surface area contributed by atoms with Gasteiger partial charge in [0.15, 0.2) is 5.60 Å². The maximum absolute atomic E-state index is 12.6. The number of ether oxygens (including phenoxy) is 3. The van der Waals surface area contributed by atoms with E-state index in [0.717, 1.165) is 12.1 Å². The van der Waals surface area contributed by atoms with Crippen LogP contribution >= 0.6 is 0 Å². The second-order valence-electron chi connectivity index (χ2n) is 5.44. The van der Waals surface area contributed by atoms with Gasteiger partial charge in [0.2, 0.25) is 0 Å². The zero-order chi connectivity index (χ0) is 16.9. The van der Waals surface area contributed by atoms with Crippen LogP contribution in [0.1, 0.15) is 24.0 Å². The Morgan fingerprint density at radius 2 is 2.09 bits per heavy atom. The van der Waals surface area contributed by atoms with Crippen molar-refractivity contribution in [2.24, 2.45) is 0 Å². The summed E-state index contributed by atoms with van der Waals surface area (Å²) in [7, 11) is 1.32. The van der Waals surface area contributed by atoms with Gasteiger partial charge in [-0.15, -0.1) is 0 Å². The van der Waals surface area contributed by atoms with Gasteiger partial charge in [-0.05, 0) is 30.9 Å². The summed E-state index contributed by atoms with van der Waals surface area (Å²) in [5.74, 6) is -0.374. The van der Waals surface area contributed by atoms with E-state index in [0.29, 0.717) is 44.6 Å². The van der Waals surface area contributed by atoms with E-state index < -0.39 is 17.3 Å². The lowest BCUT2D eigenvalue weighted by Gasteiger charge is -2.10. The Kier molecular flexibility index (Phi) is 5.64. The first-order chi connectivity index (χ1) is 10.9. The fourth-order valence-electron chi connectivity index (χ4n) is 2.29. The fourth-order valence-corrected chi connectivity index (χ4v) is 2.29. The molecule has 1 aliphatic heterocycles. The number of halogens is 3. The van der Waals surface area contributed by atoms with Crippen LogP contribution in [0.3, 0.4) is 0 Å². The van der Waals surface area contributed by atoms with Crippen molar-refractivity contribution in [3.05, 3.63) is 35.4 Å². The molecule has 0 spiro atoms. The van der Waals surface area contributed by atoms with Crippen LogP contribution in [0.4, 0.5) is 13.2 Å². The number of methoxy groups -OCH3 is 1. The first kappa shape index (κ1) is 17.7. The van der Waals surface area contributed by atoms with E-state index >= 15 is 0 Å². The molecule has 1 aliphatic rings. The minimum absolute atomic E-state index is 0.327. The van der Waals surface area contributed by atoms with Crippen molar-refractivity contribution in [3.8, 4) is 0 Å².